The van der Waals surface area contributed by atoms with Crippen LogP contribution < -0.4 is 15.8 Å². The third-order valence-electron chi connectivity index (χ3n) is 4.36. The quantitative estimate of drug-likeness (QED) is 0.293. The number of nitrogens with one attached hydrogen (secondary N) is 2. The second-order valence-corrected chi connectivity index (χ2v) is 8.14. The Labute approximate surface area is 190 Å². The van der Waals surface area contributed by atoms with E-state index in [4.69, 9.17) is 33.7 Å². The molecule has 0 fully saturated rings. The van der Waals surface area contributed by atoms with E-state index in [0.717, 1.165) is 21.1 Å². The molecule has 4 rings (SSSR count). The number of amides is 1. The van der Waals surface area contributed by atoms with E-state index in [9.17, 15) is 4.79 Å². The van der Waals surface area contributed by atoms with Crippen molar-refractivity contribution in [3.63, 3.8) is 0 Å². The highest BCUT2D eigenvalue weighted by molar-refractivity contribution is 9.10. The van der Waals surface area contributed by atoms with Crippen LogP contribution in [0.4, 0.5) is 5.95 Å². The number of aromatic amines is 1. The fourth-order valence-corrected chi connectivity index (χ4v) is 3.62. The number of nitrogens with two attached hydrogens (primary N) is 1. The maximum atomic E-state index is 11.3. The minimum absolute atomic E-state index is 0.429. The average molecular weight is 506 g/mol. The molecule has 0 bridgehead atoms. The lowest BCUT2D eigenvalue weighted by Gasteiger charge is -2.10. The van der Waals surface area contributed by atoms with Gasteiger partial charge in [0.1, 0.15) is 11.5 Å². The van der Waals surface area contributed by atoms with Crippen LogP contribution in [0.3, 0.4) is 0 Å². The molecule has 1 amide bonds. The number of benzene rings is 3. The predicted octanol–water partition coefficient (Wildman–Crippen LogP) is 6.14. The molecule has 4 N–H and O–H groups in total. The number of carbonyl (C=O) groups excluding carboxylic acids is 1. The van der Waals surface area contributed by atoms with E-state index in [1.807, 2.05) is 18.2 Å². The summed E-state index contributed by atoms with van der Waals surface area (Å²) in [5, 5.41) is 4.15. The highest BCUT2D eigenvalue weighted by Crippen LogP contribution is 2.31. The molecule has 0 unspecified atom stereocenters. The molecular weight excluding hydrogens is 491 g/mol. The number of aromatic nitrogens is 2. The summed E-state index contributed by atoms with van der Waals surface area (Å²) in [5.41, 5.74) is 8.24. The summed E-state index contributed by atoms with van der Waals surface area (Å²) in [6.45, 7) is 0.524. The Hall–Kier alpha value is -2.74. The first-order chi connectivity index (χ1) is 14.4. The van der Waals surface area contributed by atoms with Crippen molar-refractivity contribution in [3.05, 3.63) is 80.2 Å². The van der Waals surface area contributed by atoms with Gasteiger partial charge in [0, 0.05) is 22.6 Å². The van der Waals surface area contributed by atoms with Crippen LogP contribution in [-0.4, -0.2) is 15.9 Å². The van der Waals surface area contributed by atoms with Gasteiger partial charge in [-0.05, 0) is 48.0 Å². The van der Waals surface area contributed by atoms with Gasteiger partial charge in [-0.1, -0.05) is 45.2 Å². The molecule has 9 heteroatoms. The molecule has 30 heavy (non-hydrogen) atoms. The van der Waals surface area contributed by atoms with Crippen LogP contribution in [0, 0.1) is 0 Å². The largest absolute Gasteiger partial charge is 0.457 e. The van der Waals surface area contributed by atoms with Gasteiger partial charge in [0.15, 0.2) is 0 Å². The van der Waals surface area contributed by atoms with Crippen molar-refractivity contribution in [1.82, 2.24) is 9.97 Å². The van der Waals surface area contributed by atoms with Crippen molar-refractivity contribution in [2.75, 3.05) is 5.32 Å². The summed E-state index contributed by atoms with van der Waals surface area (Å²) < 4.78 is 6.71. The number of hydrogen-bond acceptors (Lipinski definition) is 4. The van der Waals surface area contributed by atoms with E-state index in [2.05, 4.69) is 31.2 Å². The minimum Gasteiger partial charge on any atom is -0.457 e. The van der Waals surface area contributed by atoms with Gasteiger partial charge in [-0.15, -0.1) is 0 Å². The van der Waals surface area contributed by atoms with Crippen molar-refractivity contribution in [3.8, 4) is 11.5 Å². The molecule has 0 aliphatic carbocycles. The zero-order valence-corrected chi connectivity index (χ0v) is 18.5. The van der Waals surface area contributed by atoms with Crippen molar-refractivity contribution >= 4 is 62.0 Å². The van der Waals surface area contributed by atoms with Crippen molar-refractivity contribution < 1.29 is 9.53 Å². The standard InChI is InChI=1S/C21H15BrCl2N4O2/c22-15-8-13(30-14-4-5-16(23)17(24)9-14)3-1-12(15)10-26-21-27-18-6-2-11(20(25)29)7-19(18)28-21/h1-9H,10H2,(H2,25,29)(H2,26,27,28). The fraction of sp³-hybridized carbons (Fsp3) is 0.0476. The third kappa shape index (κ3) is 4.53. The molecule has 0 spiro atoms. The van der Waals surface area contributed by atoms with E-state index < -0.39 is 5.91 Å². The lowest BCUT2D eigenvalue weighted by molar-refractivity contribution is 0.100. The van der Waals surface area contributed by atoms with E-state index in [-0.39, 0.29) is 0 Å². The smallest absolute Gasteiger partial charge is 0.248 e. The van der Waals surface area contributed by atoms with Gasteiger partial charge < -0.3 is 20.8 Å². The van der Waals surface area contributed by atoms with Crippen LogP contribution in [0.1, 0.15) is 15.9 Å². The third-order valence-corrected chi connectivity index (χ3v) is 5.84. The first-order valence-corrected chi connectivity index (χ1v) is 10.4. The van der Waals surface area contributed by atoms with Crippen molar-refractivity contribution in [2.45, 2.75) is 6.54 Å². The first-order valence-electron chi connectivity index (χ1n) is 8.84. The molecule has 0 radical (unpaired) electrons. The highest BCUT2D eigenvalue weighted by atomic mass is 79.9. The maximum Gasteiger partial charge on any atom is 0.248 e. The normalized spacial score (nSPS) is 10.9. The van der Waals surface area contributed by atoms with E-state index in [1.54, 1.807) is 36.4 Å². The number of carbonyl (C=O) groups is 1. The SMILES string of the molecule is NC(=O)c1ccc2nc(NCc3ccc(Oc4ccc(Cl)c(Cl)c4)cc3Br)[nH]c2c1. The fourth-order valence-electron chi connectivity index (χ4n) is 2.84. The van der Waals surface area contributed by atoms with E-state index >= 15 is 0 Å². The monoisotopic (exact) mass is 504 g/mol. The molecule has 0 saturated carbocycles. The van der Waals surface area contributed by atoms with Gasteiger partial charge in [0.25, 0.3) is 0 Å². The topological polar surface area (TPSA) is 93.0 Å². The van der Waals surface area contributed by atoms with Crippen LogP contribution in [0.25, 0.3) is 11.0 Å². The van der Waals surface area contributed by atoms with Crippen LogP contribution in [0.15, 0.2) is 59.1 Å². The summed E-state index contributed by atoms with van der Waals surface area (Å²) in [5.74, 6) is 1.37. The number of fused-ring (bicyclic) bond motifs is 1. The number of rotatable bonds is 6. The number of nitrogens with zero attached hydrogens (tertiary/aromatic N) is 1. The second-order valence-electron chi connectivity index (χ2n) is 6.47. The number of H-pyrrole nitrogens is 1. The molecule has 0 aliphatic rings. The second kappa shape index (κ2) is 8.55. The summed E-state index contributed by atoms with van der Waals surface area (Å²) in [6.07, 6.45) is 0. The van der Waals surface area contributed by atoms with Crippen molar-refractivity contribution in [2.24, 2.45) is 5.73 Å². The summed E-state index contributed by atoms with van der Waals surface area (Å²) in [4.78, 5) is 18.9. The molecule has 4 aromatic rings. The highest BCUT2D eigenvalue weighted by Gasteiger charge is 2.09. The van der Waals surface area contributed by atoms with Gasteiger partial charge in [0.2, 0.25) is 11.9 Å². The number of ether oxygens (including phenoxy) is 1. The van der Waals surface area contributed by atoms with Crippen LogP contribution in [0.5, 0.6) is 11.5 Å². The molecule has 6 nitrogen and oxygen atoms in total. The number of primary amides is 1. The lowest BCUT2D eigenvalue weighted by Crippen LogP contribution is -2.10. The summed E-state index contributed by atoms with van der Waals surface area (Å²) >= 11 is 15.5. The minimum atomic E-state index is -0.479. The number of anilines is 1. The Morgan fingerprint density at radius 2 is 1.83 bits per heavy atom. The van der Waals surface area contributed by atoms with E-state index in [1.165, 1.54) is 0 Å². The van der Waals surface area contributed by atoms with Gasteiger partial charge >= 0.3 is 0 Å². The molecule has 152 valence electrons. The molecule has 3 aromatic carbocycles. The first kappa shape index (κ1) is 20.5. The molecule has 0 atom stereocenters. The average Bonchev–Trinajstić information content (AvgIpc) is 3.12. The number of hydrogen-bond donors (Lipinski definition) is 3. The Morgan fingerprint density at radius 3 is 2.57 bits per heavy atom. The molecule has 0 saturated heterocycles. The Balaban J connectivity index is 1.45. The molecular formula is C21H15BrCl2N4O2. The van der Waals surface area contributed by atoms with Gasteiger partial charge in [-0.3, -0.25) is 4.79 Å². The molecule has 1 heterocycles. The summed E-state index contributed by atoms with van der Waals surface area (Å²) in [7, 11) is 0. The van der Waals surface area contributed by atoms with Crippen LogP contribution in [0.2, 0.25) is 10.0 Å². The maximum absolute atomic E-state index is 11.3. The zero-order chi connectivity index (χ0) is 21.3. The van der Waals surface area contributed by atoms with Gasteiger partial charge in [0.05, 0.1) is 21.1 Å². The van der Waals surface area contributed by atoms with E-state index in [0.29, 0.717) is 39.6 Å². The number of imidazole rings is 1. The Morgan fingerprint density at radius 1 is 1.07 bits per heavy atom. The van der Waals surface area contributed by atoms with Gasteiger partial charge in [-0.2, -0.15) is 0 Å². The van der Waals surface area contributed by atoms with Crippen molar-refractivity contribution in [1.29, 1.82) is 0 Å². The predicted molar refractivity (Wildman–Crippen MR) is 123 cm³/mol. The Bertz CT molecular complexity index is 1260. The van der Waals surface area contributed by atoms with Gasteiger partial charge in [-0.25, -0.2) is 4.98 Å². The molecule has 1 aromatic heterocycles. The molecule has 0 aliphatic heterocycles. The van der Waals surface area contributed by atoms with Crippen LogP contribution in [-0.2, 0) is 6.54 Å². The Kier molecular flexibility index (Phi) is 5.85. The van der Waals surface area contributed by atoms with Crippen LogP contribution >= 0.6 is 39.1 Å². The summed E-state index contributed by atoms with van der Waals surface area (Å²) in [6, 6.07) is 15.9. The zero-order valence-electron chi connectivity index (χ0n) is 15.4. The lowest BCUT2D eigenvalue weighted by atomic mass is 10.2. The number of halogens is 3.